The molecule has 3 rings (SSSR count). The van der Waals surface area contributed by atoms with Crippen molar-refractivity contribution in [3.63, 3.8) is 0 Å². The number of aliphatic carboxylic acids is 1. The van der Waals surface area contributed by atoms with Crippen LogP contribution in [0.5, 0.6) is 5.75 Å². The van der Waals surface area contributed by atoms with Crippen molar-refractivity contribution in [1.29, 1.82) is 0 Å². The van der Waals surface area contributed by atoms with Gasteiger partial charge in [-0.2, -0.15) is 0 Å². The largest absolute Gasteiger partial charge is 0.493 e. The lowest BCUT2D eigenvalue weighted by atomic mass is 10.1. The van der Waals surface area contributed by atoms with Crippen molar-refractivity contribution in [2.75, 3.05) is 6.61 Å². The van der Waals surface area contributed by atoms with Gasteiger partial charge in [-0.3, -0.25) is 4.79 Å². The Hall–Kier alpha value is -2.27. The Bertz CT molecular complexity index is 832. The van der Waals surface area contributed by atoms with Crippen LogP contribution < -0.4 is 4.74 Å². The maximum Gasteiger partial charge on any atom is 0.309 e. The van der Waals surface area contributed by atoms with Crippen molar-refractivity contribution >= 4 is 22.1 Å². The molecular formula is C18H19NO3S. The fourth-order valence-electron chi connectivity index (χ4n) is 2.41. The predicted octanol–water partition coefficient (Wildman–Crippen LogP) is 4.33. The minimum Gasteiger partial charge on any atom is -0.493 e. The molecule has 0 atom stereocenters. The molecule has 0 bridgehead atoms. The normalized spacial score (nSPS) is 11.3. The van der Waals surface area contributed by atoms with E-state index in [4.69, 9.17) is 9.84 Å². The molecule has 0 amide bonds. The second kappa shape index (κ2) is 6.46. The van der Waals surface area contributed by atoms with Gasteiger partial charge in [-0.25, -0.2) is 0 Å². The summed E-state index contributed by atoms with van der Waals surface area (Å²) in [6, 6.07) is 10.1. The minimum absolute atomic E-state index is 0.0334. The van der Waals surface area contributed by atoms with Gasteiger partial charge in [-0.05, 0) is 29.7 Å². The minimum atomic E-state index is -0.816. The van der Waals surface area contributed by atoms with Crippen LogP contribution in [0, 0.1) is 5.92 Å². The molecular weight excluding hydrogens is 310 g/mol. The number of aromatic nitrogens is 1. The number of hydrogen-bond donors (Lipinski definition) is 1. The zero-order valence-corrected chi connectivity index (χ0v) is 14.0. The second-order valence-corrected chi connectivity index (χ2v) is 6.86. The van der Waals surface area contributed by atoms with Crippen LogP contribution in [0.3, 0.4) is 0 Å². The van der Waals surface area contributed by atoms with E-state index in [2.05, 4.69) is 19.9 Å². The summed E-state index contributed by atoms with van der Waals surface area (Å²) in [6.45, 7) is 4.93. The van der Waals surface area contributed by atoms with Crippen molar-refractivity contribution in [3.8, 4) is 16.9 Å². The lowest BCUT2D eigenvalue weighted by Gasteiger charge is -2.09. The summed E-state index contributed by atoms with van der Waals surface area (Å²) in [5.74, 6) is 0.526. The number of benzene rings is 1. The molecule has 2 heterocycles. The van der Waals surface area contributed by atoms with Crippen LogP contribution in [0.15, 0.2) is 41.9 Å². The van der Waals surface area contributed by atoms with Gasteiger partial charge in [-0.15, -0.1) is 11.3 Å². The first kappa shape index (κ1) is 15.6. The monoisotopic (exact) mass is 329 g/mol. The van der Waals surface area contributed by atoms with Gasteiger partial charge in [0.1, 0.15) is 5.75 Å². The summed E-state index contributed by atoms with van der Waals surface area (Å²) in [7, 11) is 0. The van der Waals surface area contributed by atoms with Crippen LogP contribution >= 0.6 is 11.3 Å². The Morgan fingerprint density at radius 2 is 2.13 bits per heavy atom. The summed E-state index contributed by atoms with van der Waals surface area (Å²) in [6.07, 6.45) is 2.03. The fraction of sp³-hybridized carbons (Fsp3) is 0.278. The molecule has 0 radical (unpaired) electrons. The third-order valence-corrected chi connectivity index (χ3v) is 4.44. The molecule has 0 spiro atoms. The molecule has 2 aromatic heterocycles. The quantitative estimate of drug-likeness (QED) is 0.732. The molecule has 1 N–H and O–H groups in total. The second-order valence-electron chi connectivity index (χ2n) is 5.97. The number of thiazole rings is 1. The van der Waals surface area contributed by atoms with Crippen LogP contribution in [-0.2, 0) is 11.2 Å². The SMILES string of the molecule is CC(C)COc1cccc(-c2cc3scc(CC(=O)O)n3c2)c1. The summed E-state index contributed by atoms with van der Waals surface area (Å²) in [5.41, 5.74) is 2.94. The molecule has 1 aromatic carbocycles. The number of ether oxygens (including phenoxy) is 1. The third kappa shape index (κ3) is 3.56. The van der Waals surface area contributed by atoms with E-state index in [1.54, 1.807) is 11.3 Å². The number of carboxylic acids is 1. The van der Waals surface area contributed by atoms with Gasteiger partial charge in [0.05, 0.1) is 17.9 Å². The number of fused-ring (bicyclic) bond motifs is 1. The molecule has 5 heteroatoms. The van der Waals surface area contributed by atoms with Crippen LogP contribution in [0.25, 0.3) is 16.0 Å². The number of carbonyl (C=O) groups is 1. The smallest absolute Gasteiger partial charge is 0.309 e. The first-order chi connectivity index (χ1) is 11.0. The topological polar surface area (TPSA) is 50.9 Å². The Kier molecular flexibility index (Phi) is 4.39. The fourth-order valence-corrected chi connectivity index (χ4v) is 3.34. The van der Waals surface area contributed by atoms with Gasteiger partial charge in [-0.1, -0.05) is 26.0 Å². The van der Waals surface area contributed by atoms with Gasteiger partial charge in [0, 0.05) is 22.8 Å². The standard InChI is InChI=1S/C18H19NO3S/c1-12(2)10-22-16-5-3-4-13(6-16)14-7-17-19(9-14)15(11-23-17)8-18(20)21/h3-7,9,11-12H,8,10H2,1-2H3,(H,20,21). The highest BCUT2D eigenvalue weighted by Gasteiger charge is 2.11. The van der Waals surface area contributed by atoms with E-state index < -0.39 is 5.97 Å². The summed E-state index contributed by atoms with van der Waals surface area (Å²) in [4.78, 5) is 12.0. The lowest BCUT2D eigenvalue weighted by molar-refractivity contribution is -0.136. The number of nitrogens with zero attached hydrogens (tertiary/aromatic N) is 1. The lowest BCUT2D eigenvalue weighted by Crippen LogP contribution is -2.04. The number of hydrogen-bond acceptors (Lipinski definition) is 3. The van der Waals surface area contributed by atoms with E-state index in [1.807, 2.05) is 40.2 Å². The molecule has 0 unspecified atom stereocenters. The van der Waals surface area contributed by atoms with E-state index in [9.17, 15) is 4.79 Å². The average Bonchev–Trinajstić information content (AvgIpc) is 3.07. The van der Waals surface area contributed by atoms with Gasteiger partial charge < -0.3 is 14.2 Å². The predicted molar refractivity (Wildman–Crippen MR) is 92.4 cm³/mol. The van der Waals surface area contributed by atoms with E-state index in [-0.39, 0.29) is 6.42 Å². The maximum atomic E-state index is 10.9. The highest BCUT2D eigenvalue weighted by Crippen LogP contribution is 2.29. The van der Waals surface area contributed by atoms with Crippen molar-refractivity contribution in [2.24, 2.45) is 5.92 Å². The summed E-state index contributed by atoms with van der Waals surface area (Å²) >= 11 is 1.56. The zero-order chi connectivity index (χ0) is 16.4. The first-order valence-electron chi connectivity index (χ1n) is 7.56. The van der Waals surface area contributed by atoms with Crippen molar-refractivity contribution in [1.82, 2.24) is 4.40 Å². The highest BCUT2D eigenvalue weighted by molar-refractivity contribution is 7.15. The molecule has 0 aliphatic carbocycles. The zero-order valence-electron chi connectivity index (χ0n) is 13.2. The molecule has 0 aliphatic heterocycles. The number of carboxylic acid groups (broad SMARTS) is 1. The summed E-state index contributed by atoms with van der Waals surface area (Å²) in [5, 5.41) is 10.9. The molecule has 120 valence electrons. The Balaban J connectivity index is 1.89. The first-order valence-corrected chi connectivity index (χ1v) is 8.44. The van der Waals surface area contributed by atoms with Gasteiger partial charge >= 0.3 is 5.97 Å². The Labute approximate surface area is 139 Å². The maximum absolute atomic E-state index is 10.9. The van der Waals surface area contributed by atoms with Crippen molar-refractivity contribution in [2.45, 2.75) is 20.3 Å². The van der Waals surface area contributed by atoms with E-state index in [0.717, 1.165) is 27.4 Å². The van der Waals surface area contributed by atoms with Crippen LogP contribution in [-0.4, -0.2) is 22.1 Å². The van der Waals surface area contributed by atoms with E-state index in [0.29, 0.717) is 12.5 Å². The molecule has 0 saturated carbocycles. The van der Waals surface area contributed by atoms with Gasteiger partial charge in [0.25, 0.3) is 0 Å². The van der Waals surface area contributed by atoms with Crippen molar-refractivity contribution < 1.29 is 14.6 Å². The number of rotatable bonds is 6. The summed E-state index contributed by atoms with van der Waals surface area (Å²) < 4.78 is 7.73. The Morgan fingerprint density at radius 3 is 2.87 bits per heavy atom. The van der Waals surface area contributed by atoms with Crippen molar-refractivity contribution in [3.05, 3.63) is 47.6 Å². The van der Waals surface area contributed by atoms with Gasteiger partial charge in [0.15, 0.2) is 0 Å². The van der Waals surface area contributed by atoms with Crippen LogP contribution in [0.4, 0.5) is 0 Å². The molecule has 23 heavy (non-hydrogen) atoms. The van der Waals surface area contributed by atoms with E-state index >= 15 is 0 Å². The molecule has 0 fully saturated rings. The highest BCUT2D eigenvalue weighted by atomic mass is 32.1. The molecule has 0 aliphatic rings. The average molecular weight is 329 g/mol. The molecule has 0 saturated heterocycles. The third-order valence-electron chi connectivity index (χ3n) is 3.49. The Morgan fingerprint density at radius 1 is 1.30 bits per heavy atom. The molecule has 4 nitrogen and oxygen atoms in total. The van der Waals surface area contributed by atoms with Crippen LogP contribution in [0.2, 0.25) is 0 Å². The van der Waals surface area contributed by atoms with Crippen LogP contribution in [0.1, 0.15) is 19.5 Å². The molecule has 3 aromatic rings. The van der Waals surface area contributed by atoms with Gasteiger partial charge in [0.2, 0.25) is 0 Å². The van der Waals surface area contributed by atoms with E-state index in [1.165, 1.54) is 0 Å².